The van der Waals surface area contributed by atoms with E-state index in [0.29, 0.717) is 41.7 Å². The minimum Gasteiger partial charge on any atom is -0.392 e. The molecule has 1 heterocycles. The van der Waals surface area contributed by atoms with E-state index in [-0.39, 0.29) is 11.9 Å². The molecule has 0 saturated heterocycles. The number of amides is 1. The second-order valence-electron chi connectivity index (χ2n) is 10.4. The van der Waals surface area contributed by atoms with Crippen LogP contribution in [0.2, 0.25) is 0 Å². The number of hydrogen-bond acceptors (Lipinski definition) is 6. The van der Waals surface area contributed by atoms with Gasteiger partial charge in [-0.05, 0) is 69.6 Å². The van der Waals surface area contributed by atoms with Crippen molar-refractivity contribution in [3.8, 4) is 0 Å². The summed E-state index contributed by atoms with van der Waals surface area (Å²) in [6.07, 6.45) is 10.4. The molecule has 3 unspecified atom stereocenters. The van der Waals surface area contributed by atoms with Crippen LogP contribution < -0.4 is 10.6 Å². The number of aromatic nitrogens is 2. The maximum Gasteiger partial charge on any atom is 0.254 e. The predicted molar refractivity (Wildman–Crippen MR) is 113 cm³/mol. The third-order valence-corrected chi connectivity index (χ3v) is 7.90. The molecule has 1 amide bonds. The standard InChI is InChI=1S/C23H34N4O3/c1-13(28)11-24-22-25-12-18(20(27-22)15-4-2-3-5-15)21(29)26-19-16-6-14-7-17(19)10-23(30,8-14)9-16/h12-17,19,28,30H,2-11H2,1H3,(H,26,29)(H,24,25,27)/t13-,14?,16-,17+,19?,23?/m0/s1. The number of carbonyl (C=O) groups excluding carboxylic acids is 1. The van der Waals surface area contributed by atoms with Gasteiger partial charge in [-0.2, -0.15) is 0 Å². The number of hydrogen-bond donors (Lipinski definition) is 4. The van der Waals surface area contributed by atoms with E-state index in [1.807, 2.05) is 0 Å². The van der Waals surface area contributed by atoms with E-state index in [1.165, 1.54) is 12.8 Å². The van der Waals surface area contributed by atoms with E-state index in [0.717, 1.165) is 50.6 Å². The Morgan fingerprint density at radius 3 is 2.57 bits per heavy atom. The highest BCUT2D eigenvalue weighted by Gasteiger charge is 2.55. The van der Waals surface area contributed by atoms with Crippen LogP contribution in [0.5, 0.6) is 0 Å². The van der Waals surface area contributed by atoms with Gasteiger partial charge in [0.25, 0.3) is 5.91 Å². The Morgan fingerprint density at radius 1 is 1.23 bits per heavy atom. The summed E-state index contributed by atoms with van der Waals surface area (Å²) < 4.78 is 0. The Balaban J connectivity index is 1.36. The Bertz CT molecular complexity index is 792. The largest absolute Gasteiger partial charge is 0.392 e. The van der Waals surface area contributed by atoms with Gasteiger partial charge < -0.3 is 20.8 Å². The molecule has 5 fully saturated rings. The number of carbonyl (C=O) groups is 1. The molecule has 0 aromatic carbocycles. The van der Waals surface area contributed by atoms with Gasteiger partial charge in [-0.25, -0.2) is 9.97 Å². The first-order valence-electron chi connectivity index (χ1n) is 11.7. The van der Waals surface area contributed by atoms with Crippen molar-refractivity contribution in [1.29, 1.82) is 0 Å². The van der Waals surface area contributed by atoms with Crippen LogP contribution in [-0.4, -0.2) is 50.4 Å². The summed E-state index contributed by atoms with van der Waals surface area (Å²) in [7, 11) is 0. The second kappa shape index (κ2) is 7.75. The van der Waals surface area contributed by atoms with Crippen molar-refractivity contribution in [2.75, 3.05) is 11.9 Å². The van der Waals surface area contributed by atoms with Gasteiger partial charge in [-0.1, -0.05) is 12.8 Å². The van der Waals surface area contributed by atoms with Crippen LogP contribution in [0.4, 0.5) is 5.95 Å². The molecule has 30 heavy (non-hydrogen) atoms. The summed E-state index contributed by atoms with van der Waals surface area (Å²) in [5, 5.41) is 26.8. The lowest BCUT2D eigenvalue weighted by Gasteiger charge is -2.58. The second-order valence-corrected chi connectivity index (χ2v) is 10.4. The van der Waals surface area contributed by atoms with E-state index in [4.69, 9.17) is 4.98 Å². The lowest BCUT2D eigenvalue weighted by Crippen LogP contribution is -2.61. The zero-order chi connectivity index (χ0) is 20.9. The number of aliphatic hydroxyl groups is 2. The average Bonchev–Trinajstić information content (AvgIpc) is 3.22. The highest BCUT2D eigenvalue weighted by Crippen LogP contribution is 2.55. The van der Waals surface area contributed by atoms with Gasteiger partial charge in [0, 0.05) is 24.7 Å². The van der Waals surface area contributed by atoms with Gasteiger partial charge in [0.15, 0.2) is 0 Å². The van der Waals surface area contributed by atoms with Crippen LogP contribution in [0.3, 0.4) is 0 Å². The van der Waals surface area contributed by atoms with E-state index >= 15 is 0 Å². The van der Waals surface area contributed by atoms with E-state index in [1.54, 1.807) is 13.1 Å². The summed E-state index contributed by atoms with van der Waals surface area (Å²) in [5.74, 6) is 2.09. The number of aliphatic hydroxyl groups excluding tert-OH is 1. The monoisotopic (exact) mass is 414 g/mol. The smallest absolute Gasteiger partial charge is 0.254 e. The minimum atomic E-state index is -0.493. The van der Waals surface area contributed by atoms with Gasteiger partial charge in [0.1, 0.15) is 0 Å². The van der Waals surface area contributed by atoms with Crippen LogP contribution in [-0.2, 0) is 0 Å². The zero-order valence-electron chi connectivity index (χ0n) is 17.8. The van der Waals surface area contributed by atoms with Crippen molar-refractivity contribution in [1.82, 2.24) is 15.3 Å². The molecule has 0 radical (unpaired) electrons. The topological polar surface area (TPSA) is 107 Å². The molecule has 5 aliphatic carbocycles. The normalized spacial score (nSPS) is 36.1. The third kappa shape index (κ3) is 3.82. The first-order chi connectivity index (χ1) is 14.4. The molecule has 7 nitrogen and oxygen atoms in total. The molecule has 4 bridgehead atoms. The van der Waals surface area contributed by atoms with Crippen molar-refractivity contribution < 1.29 is 15.0 Å². The first kappa shape index (κ1) is 20.2. The van der Waals surface area contributed by atoms with Gasteiger partial charge in [-0.15, -0.1) is 0 Å². The fourth-order valence-corrected chi connectivity index (χ4v) is 6.85. The Labute approximate surface area is 178 Å². The molecular weight excluding hydrogens is 380 g/mol. The fourth-order valence-electron chi connectivity index (χ4n) is 6.85. The number of nitrogens with zero attached hydrogens (tertiary/aromatic N) is 2. The molecule has 7 heteroatoms. The molecule has 164 valence electrons. The van der Waals surface area contributed by atoms with Gasteiger partial charge >= 0.3 is 0 Å². The Morgan fingerprint density at radius 2 is 1.93 bits per heavy atom. The van der Waals surface area contributed by atoms with E-state index in [9.17, 15) is 15.0 Å². The Kier molecular flexibility index (Phi) is 5.22. The van der Waals surface area contributed by atoms with Crippen LogP contribution in [0.1, 0.15) is 86.7 Å². The number of anilines is 1. The van der Waals surface area contributed by atoms with Crippen molar-refractivity contribution >= 4 is 11.9 Å². The first-order valence-corrected chi connectivity index (χ1v) is 11.7. The van der Waals surface area contributed by atoms with Crippen LogP contribution >= 0.6 is 0 Å². The molecule has 6 rings (SSSR count). The van der Waals surface area contributed by atoms with Crippen molar-refractivity contribution in [2.45, 2.75) is 88.4 Å². The van der Waals surface area contributed by atoms with Gasteiger partial charge in [0.2, 0.25) is 5.95 Å². The zero-order valence-corrected chi connectivity index (χ0v) is 17.8. The molecule has 1 aromatic heterocycles. The lowest BCUT2D eigenvalue weighted by molar-refractivity contribution is -0.136. The van der Waals surface area contributed by atoms with E-state index < -0.39 is 11.7 Å². The molecule has 0 aliphatic heterocycles. The molecule has 5 saturated carbocycles. The summed E-state index contributed by atoms with van der Waals surface area (Å²) >= 11 is 0. The molecule has 5 aliphatic rings. The summed E-state index contributed by atoms with van der Waals surface area (Å²) in [4.78, 5) is 22.4. The van der Waals surface area contributed by atoms with Crippen molar-refractivity contribution in [2.24, 2.45) is 17.8 Å². The molecule has 0 spiro atoms. The minimum absolute atomic E-state index is 0.0663. The van der Waals surface area contributed by atoms with Gasteiger partial charge in [0.05, 0.1) is 23.0 Å². The van der Waals surface area contributed by atoms with E-state index in [2.05, 4.69) is 15.6 Å². The molecular formula is C23H34N4O3. The van der Waals surface area contributed by atoms with Crippen LogP contribution in [0.25, 0.3) is 0 Å². The highest BCUT2D eigenvalue weighted by molar-refractivity contribution is 5.95. The maximum absolute atomic E-state index is 13.4. The van der Waals surface area contributed by atoms with Crippen molar-refractivity contribution in [3.05, 3.63) is 17.5 Å². The molecule has 4 N–H and O–H groups in total. The predicted octanol–water partition coefficient (Wildman–Crippen LogP) is 2.60. The summed E-state index contributed by atoms with van der Waals surface area (Å²) in [6, 6.07) is 0.152. The third-order valence-electron chi connectivity index (χ3n) is 7.90. The number of nitrogens with one attached hydrogen (secondary N) is 2. The molecule has 1 aromatic rings. The average molecular weight is 415 g/mol. The summed E-state index contributed by atoms with van der Waals surface area (Å²) in [6.45, 7) is 2.10. The highest BCUT2D eigenvalue weighted by atomic mass is 16.3. The van der Waals surface area contributed by atoms with Crippen LogP contribution in [0, 0.1) is 17.8 Å². The fraction of sp³-hybridized carbons (Fsp3) is 0.783. The molecule has 6 atom stereocenters. The maximum atomic E-state index is 13.4. The Hall–Kier alpha value is -1.73. The van der Waals surface area contributed by atoms with Crippen molar-refractivity contribution in [3.63, 3.8) is 0 Å². The summed E-state index contributed by atoms with van der Waals surface area (Å²) in [5.41, 5.74) is 0.945. The lowest BCUT2D eigenvalue weighted by atomic mass is 9.52. The van der Waals surface area contributed by atoms with Crippen LogP contribution in [0.15, 0.2) is 6.20 Å². The number of rotatable bonds is 6. The van der Waals surface area contributed by atoms with Gasteiger partial charge in [-0.3, -0.25) is 4.79 Å². The SMILES string of the molecule is C[C@H](O)CNc1ncc(C(=O)NC2[C@@H]3CC4C[C@H]2CC(O)(C4)C3)c(C2CCCC2)n1. The quantitative estimate of drug-likeness (QED) is 0.570.